The molecule has 1 fully saturated rings. The monoisotopic (exact) mass is 279 g/mol. The lowest BCUT2D eigenvalue weighted by Gasteiger charge is -2.01. The van der Waals surface area contributed by atoms with Crippen molar-refractivity contribution in [1.82, 2.24) is 5.32 Å². The lowest BCUT2D eigenvalue weighted by molar-refractivity contribution is -0.124. The third-order valence-electron chi connectivity index (χ3n) is 2.38. The molecule has 82 valence electrons. The molecule has 1 aliphatic rings. The summed E-state index contributed by atoms with van der Waals surface area (Å²) in [7, 11) is 0. The van der Waals surface area contributed by atoms with Gasteiger partial charge >= 0.3 is 0 Å². The Morgan fingerprint density at radius 3 is 2.69 bits per heavy atom. The number of rotatable bonds is 1. The van der Waals surface area contributed by atoms with Crippen LogP contribution in [-0.2, 0) is 9.59 Å². The van der Waals surface area contributed by atoms with Gasteiger partial charge < -0.3 is 0 Å². The van der Waals surface area contributed by atoms with Crippen LogP contribution in [0.1, 0.15) is 17.5 Å². The highest BCUT2D eigenvalue weighted by atomic mass is 79.9. The highest BCUT2D eigenvalue weighted by molar-refractivity contribution is 9.10. The molecule has 1 aromatic carbocycles. The fourth-order valence-corrected chi connectivity index (χ4v) is 2.17. The second kappa shape index (κ2) is 4.22. The molecular formula is C12H10BrNO2. The Kier molecular flexibility index (Phi) is 2.92. The predicted octanol–water partition coefficient (Wildman–Crippen LogP) is 2.19. The summed E-state index contributed by atoms with van der Waals surface area (Å²) < 4.78 is 0.923. The third-order valence-corrected chi connectivity index (χ3v) is 3.07. The Hall–Kier alpha value is -1.42. The van der Waals surface area contributed by atoms with E-state index in [9.17, 15) is 9.59 Å². The molecule has 0 aromatic heterocycles. The first-order valence-corrected chi connectivity index (χ1v) is 5.66. The summed E-state index contributed by atoms with van der Waals surface area (Å²) in [6.45, 7) is 1.99. The molecule has 0 saturated carbocycles. The zero-order valence-electron chi connectivity index (χ0n) is 8.71. The van der Waals surface area contributed by atoms with Crippen LogP contribution in [0.3, 0.4) is 0 Å². The zero-order valence-corrected chi connectivity index (χ0v) is 10.3. The van der Waals surface area contributed by atoms with Gasteiger partial charge in [-0.15, -0.1) is 0 Å². The van der Waals surface area contributed by atoms with Gasteiger partial charge in [0.2, 0.25) is 5.91 Å². The molecule has 0 atom stereocenters. The summed E-state index contributed by atoms with van der Waals surface area (Å²) in [5, 5.41) is 2.26. The van der Waals surface area contributed by atoms with Crippen LogP contribution in [0, 0.1) is 6.92 Å². The van der Waals surface area contributed by atoms with E-state index in [0.29, 0.717) is 5.57 Å². The average Bonchev–Trinajstić information content (AvgIpc) is 2.50. The fourth-order valence-electron chi connectivity index (χ4n) is 1.56. The van der Waals surface area contributed by atoms with Gasteiger partial charge in [-0.3, -0.25) is 14.9 Å². The average molecular weight is 280 g/mol. The van der Waals surface area contributed by atoms with Crippen molar-refractivity contribution in [2.75, 3.05) is 0 Å². The summed E-state index contributed by atoms with van der Waals surface area (Å²) in [5.41, 5.74) is 2.56. The first-order chi connectivity index (χ1) is 7.56. The van der Waals surface area contributed by atoms with Crippen molar-refractivity contribution in [2.45, 2.75) is 13.3 Å². The number of nitrogens with one attached hydrogen (secondary N) is 1. The maximum absolute atomic E-state index is 11.4. The van der Waals surface area contributed by atoms with E-state index in [2.05, 4.69) is 21.2 Å². The van der Waals surface area contributed by atoms with E-state index in [1.807, 2.05) is 25.1 Å². The summed E-state index contributed by atoms with van der Waals surface area (Å²) >= 11 is 3.43. The smallest absolute Gasteiger partial charge is 0.254 e. The van der Waals surface area contributed by atoms with Crippen LogP contribution in [0.25, 0.3) is 6.08 Å². The number of benzene rings is 1. The van der Waals surface area contributed by atoms with E-state index in [1.165, 1.54) is 0 Å². The highest BCUT2D eigenvalue weighted by Gasteiger charge is 2.23. The molecule has 4 heteroatoms. The van der Waals surface area contributed by atoms with Gasteiger partial charge in [-0.1, -0.05) is 28.1 Å². The number of aryl methyl sites for hydroxylation is 1. The molecule has 1 heterocycles. The molecule has 1 aromatic rings. The van der Waals surface area contributed by atoms with Crippen molar-refractivity contribution in [2.24, 2.45) is 0 Å². The Bertz CT molecular complexity index is 506. The van der Waals surface area contributed by atoms with Crippen LogP contribution >= 0.6 is 15.9 Å². The quantitative estimate of drug-likeness (QED) is 0.633. The molecule has 1 aliphatic heterocycles. The van der Waals surface area contributed by atoms with Gasteiger partial charge in [-0.25, -0.2) is 0 Å². The van der Waals surface area contributed by atoms with E-state index in [4.69, 9.17) is 0 Å². The normalized spacial score (nSPS) is 18.0. The Balaban J connectivity index is 2.36. The van der Waals surface area contributed by atoms with Crippen molar-refractivity contribution in [3.05, 3.63) is 39.4 Å². The van der Waals surface area contributed by atoms with Crippen LogP contribution in [-0.4, -0.2) is 11.8 Å². The third kappa shape index (κ3) is 2.22. The maximum atomic E-state index is 11.4. The minimum absolute atomic E-state index is 0.166. The second-order valence-electron chi connectivity index (χ2n) is 3.75. The number of amides is 2. The highest BCUT2D eigenvalue weighted by Crippen LogP contribution is 2.23. The summed E-state index contributed by atoms with van der Waals surface area (Å²) in [6, 6.07) is 5.86. The van der Waals surface area contributed by atoms with Crippen molar-refractivity contribution in [3.8, 4) is 0 Å². The van der Waals surface area contributed by atoms with E-state index in [0.717, 1.165) is 15.6 Å². The summed E-state index contributed by atoms with van der Waals surface area (Å²) in [5.74, 6) is -0.531. The predicted molar refractivity (Wildman–Crippen MR) is 64.6 cm³/mol. The van der Waals surface area contributed by atoms with Crippen molar-refractivity contribution >= 4 is 33.8 Å². The topological polar surface area (TPSA) is 46.2 Å². The van der Waals surface area contributed by atoms with Crippen molar-refractivity contribution < 1.29 is 9.59 Å². The van der Waals surface area contributed by atoms with E-state index < -0.39 is 0 Å². The van der Waals surface area contributed by atoms with Crippen molar-refractivity contribution in [1.29, 1.82) is 0 Å². The van der Waals surface area contributed by atoms with Gasteiger partial charge in [0.1, 0.15) is 0 Å². The van der Waals surface area contributed by atoms with Crippen LogP contribution in [0.4, 0.5) is 0 Å². The lowest BCUT2D eigenvalue weighted by atomic mass is 10.1. The molecule has 0 aliphatic carbocycles. The van der Waals surface area contributed by atoms with Crippen LogP contribution in [0.15, 0.2) is 28.2 Å². The molecule has 0 spiro atoms. The molecule has 1 N–H and O–H groups in total. The standard InChI is InChI=1S/C12H10BrNO2/c1-7-2-3-8(10(13)4-7)5-9-6-11(15)14-12(9)16/h2-5H,6H2,1H3,(H,14,15,16)/b9-5-. The Morgan fingerprint density at radius 1 is 1.38 bits per heavy atom. The zero-order chi connectivity index (χ0) is 11.7. The van der Waals surface area contributed by atoms with E-state index in [1.54, 1.807) is 6.08 Å². The Labute approximate surface area is 102 Å². The van der Waals surface area contributed by atoms with Crippen molar-refractivity contribution in [3.63, 3.8) is 0 Å². The first-order valence-electron chi connectivity index (χ1n) is 4.87. The van der Waals surface area contributed by atoms with Gasteiger partial charge in [0.15, 0.2) is 0 Å². The number of halogens is 1. The molecule has 0 unspecified atom stereocenters. The molecule has 2 rings (SSSR count). The number of carbonyl (C=O) groups is 2. The van der Waals surface area contributed by atoms with Gasteiger partial charge in [0, 0.05) is 10.0 Å². The second-order valence-corrected chi connectivity index (χ2v) is 4.60. The van der Waals surface area contributed by atoms with Crippen LogP contribution < -0.4 is 5.32 Å². The van der Waals surface area contributed by atoms with E-state index in [-0.39, 0.29) is 18.2 Å². The molecule has 16 heavy (non-hydrogen) atoms. The molecule has 0 bridgehead atoms. The lowest BCUT2D eigenvalue weighted by Crippen LogP contribution is -2.19. The van der Waals surface area contributed by atoms with Gasteiger partial charge in [-0.2, -0.15) is 0 Å². The largest absolute Gasteiger partial charge is 0.292 e. The maximum Gasteiger partial charge on any atom is 0.254 e. The van der Waals surface area contributed by atoms with Gasteiger partial charge in [-0.05, 0) is 30.2 Å². The molecular weight excluding hydrogens is 270 g/mol. The minimum atomic E-state index is -0.294. The molecule has 3 nitrogen and oxygen atoms in total. The molecule has 2 amide bonds. The summed E-state index contributed by atoms with van der Waals surface area (Å²) in [4.78, 5) is 22.4. The number of hydrogen-bond donors (Lipinski definition) is 1. The van der Waals surface area contributed by atoms with E-state index >= 15 is 0 Å². The number of carbonyl (C=O) groups excluding carboxylic acids is 2. The number of hydrogen-bond acceptors (Lipinski definition) is 2. The Morgan fingerprint density at radius 2 is 2.12 bits per heavy atom. The fraction of sp³-hybridized carbons (Fsp3) is 0.167. The van der Waals surface area contributed by atoms with Crippen LogP contribution in [0.2, 0.25) is 0 Å². The number of imide groups is 1. The van der Waals surface area contributed by atoms with Gasteiger partial charge in [0.25, 0.3) is 5.91 Å². The summed E-state index contributed by atoms with van der Waals surface area (Å²) in [6.07, 6.45) is 1.91. The molecule has 0 radical (unpaired) electrons. The molecule has 1 saturated heterocycles. The van der Waals surface area contributed by atoms with Crippen LogP contribution in [0.5, 0.6) is 0 Å². The first kappa shape index (κ1) is 11.1. The minimum Gasteiger partial charge on any atom is -0.292 e. The van der Waals surface area contributed by atoms with Gasteiger partial charge in [0.05, 0.1) is 6.42 Å². The SMILES string of the molecule is Cc1ccc(/C=C2/CC(=O)NC2=O)c(Br)c1.